The molecule has 1 heterocycles. The smallest absolute Gasteiger partial charge is 0.251 e. The molecule has 0 aliphatic carbocycles. The van der Waals surface area contributed by atoms with Gasteiger partial charge in [0.15, 0.2) is 0 Å². The molecule has 1 rings (SSSR count). The molecule has 0 fully saturated rings. The van der Waals surface area contributed by atoms with Crippen LogP contribution in [0.5, 0.6) is 0 Å². The fourth-order valence-electron chi connectivity index (χ4n) is 1.01. The number of hydrogen-bond acceptors (Lipinski definition) is 1. The molecule has 1 aliphatic rings. The highest BCUT2D eigenvalue weighted by atomic mass is 16.1. The monoisotopic (exact) mass is 151 g/mol. The van der Waals surface area contributed by atoms with Crippen molar-refractivity contribution in [2.24, 2.45) is 5.92 Å². The van der Waals surface area contributed by atoms with Gasteiger partial charge in [0.05, 0.1) is 0 Å². The van der Waals surface area contributed by atoms with Crippen LogP contribution >= 0.6 is 0 Å². The van der Waals surface area contributed by atoms with Gasteiger partial charge in [-0.3, -0.25) is 4.79 Å². The van der Waals surface area contributed by atoms with Crippen molar-refractivity contribution < 1.29 is 4.79 Å². The van der Waals surface area contributed by atoms with Crippen LogP contribution in [0.3, 0.4) is 0 Å². The number of hydrogen-bond donors (Lipinski definition) is 1. The summed E-state index contributed by atoms with van der Waals surface area (Å²) in [6.07, 6.45) is 3.91. The highest BCUT2D eigenvalue weighted by molar-refractivity contribution is 5.97. The molecule has 0 aromatic rings. The zero-order valence-corrected chi connectivity index (χ0v) is 7.14. The summed E-state index contributed by atoms with van der Waals surface area (Å²) in [5.74, 6) is 0.504. The number of amides is 1. The lowest BCUT2D eigenvalue weighted by Gasteiger charge is -1.98. The third kappa shape index (κ3) is 1.93. The molecule has 60 valence electrons. The third-order valence-corrected chi connectivity index (χ3v) is 1.50. The van der Waals surface area contributed by atoms with E-state index >= 15 is 0 Å². The van der Waals surface area contributed by atoms with Crippen molar-refractivity contribution >= 4 is 5.91 Å². The molecule has 0 unspecified atom stereocenters. The molecule has 0 spiro atoms. The van der Waals surface area contributed by atoms with Gasteiger partial charge < -0.3 is 5.32 Å². The van der Waals surface area contributed by atoms with E-state index < -0.39 is 0 Å². The van der Waals surface area contributed by atoms with Gasteiger partial charge in [0.1, 0.15) is 0 Å². The van der Waals surface area contributed by atoms with Crippen molar-refractivity contribution in [3.63, 3.8) is 0 Å². The molecule has 0 atom stereocenters. The Morgan fingerprint density at radius 3 is 2.55 bits per heavy atom. The number of carbonyl (C=O) groups excluding carboxylic acids is 1. The molecule has 2 nitrogen and oxygen atoms in total. The Bertz CT molecular complexity index is 236. The van der Waals surface area contributed by atoms with E-state index in [4.69, 9.17) is 0 Å². The van der Waals surface area contributed by atoms with Crippen molar-refractivity contribution in [1.82, 2.24) is 5.32 Å². The summed E-state index contributed by atoms with van der Waals surface area (Å²) in [7, 11) is 0. The maximum atomic E-state index is 10.9. The molecule has 1 N–H and O–H groups in total. The Balaban J connectivity index is 2.75. The predicted molar refractivity (Wildman–Crippen MR) is 44.8 cm³/mol. The van der Waals surface area contributed by atoms with Crippen LogP contribution in [0.25, 0.3) is 0 Å². The zero-order valence-electron chi connectivity index (χ0n) is 7.14. The number of rotatable bonds is 1. The van der Waals surface area contributed by atoms with E-state index in [2.05, 4.69) is 19.2 Å². The lowest BCUT2D eigenvalue weighted by Crippen LogP contribution is -2.15. The minimum atomic E-state index is 0.0249. The highest BCUT2D eigenvalue weighted by Crippen LogP contribution is 2.11. The topological polar surface area (TPSA) is 29.1 Å². The summed E-state index contributed by atoms with van der Waals surface area (Å²) in [5.41, 5.74) is 1.72. The van der Waals surface area contributed by atoms with Crippen molar-refractivity contribution in [2.75, 3.05) is 0 Å². The van der Waals surface area contributed by atoms with Crippen LogP contribution in [0.15, 0.2) is 23.4 Å². The normalized spacial score (nSPS) is 20.9. The number of nitrogens with one attached hydrogen (secondary N) is 1. The fourth-order valence-corrected chi connectivity index (χ4v) is 1.01. The Labute approximate surface area is 67.0 Å². The second-order valence-electron chi connectivity index (χ2n) is 3.15. The molecular formula is C9H13NO. The summed E-state index contributed by atoms with van der Waals surface area (Å²) in [4.78, 5) is 10.9. The van der Waals surface area contributed by atoms with Crippen LogP contribution in [0.2, 0.25) is 0 Å². The van der Waals surface area contributed by atoms with E-state index in [0.717, 1.165) is 11.3 Å². The summed E-state index contributed by atoms with van der Waals surface area (Å²) in [6, 6.07) is 0. The Morgan fingerprint density at radius 2 is 2.18 bits per heavy atom. The third-order valence-electron chi connectivity index (χ3n) is 1.50. The SMILES string of the molecule is CC1=C/C(=C/C(C)C)NC1=O. The maximum absolute atomic E-state index is 10.9. The van der Waals surface area contributed by atoms with Crippen LogP contribution in [0.1, 0.15) is 20.8 Å². The van der Waals surface area contributed by atoms with Gasteiger partial charge in [-0.1, -0.05) is 19.9 Å². The van der Waals surface area contributed by atoms with E-state index in [0.29, 0.717) is 5.92 Å². The van der Waals surface area contributed by atoms with E-state index in [1.807, 2.05) is 19.1 Å². The van der Waals surface area contributed by atoms with Gasteiger partial charge in [0.2, 0.25) is 0 Å². The predicted octanol–water partition coefficient (Wildman–Crippen LogP) is 1.60. The Hall–Kier alpha value is -1.05. The van der Waals surface area contributed by atoms with Crippen molar-refractivity contribution in [3.05, 3.63) is 23.4 Å². The Morgan fingerprint density at radius 1 is 1.55 bits per heavy atom. The van der Waals surface area contributed by atoms with Gasteiger partial charge in [-0.25, -0.2) is 0 Å². The molecule has 11 heavy (non-hydrogen) atoms. The fraction of sp³-hybridized carbons (Fsp3) is 0.444. The minimum absolute atomic E-state index is 0.0249. The van der Waals surface area contributed by atoms with Gasteiger partial charge in [0.25, 0.3) is 5.91 Å². The summed E-state index contributed by atoms with van der Waals surface area (Å²) < 4.78 is 0. The van der Waals surface area contributed by atoms with E-state index in [1.54, 1.807) is 0 Å². The van der Waals surface area contributed by atoms with Crippen molar-refractivity contribution in [2.45, 2.75) is 20.8 Å². The molecule has 0 saturated heterocycles. The average molecular weight is 151 g/mol. The van der Waals surface area contributed by atoms with Gasteiger partial charge >= 0.3 is 0 Å². The van der Waals surface area contributed by atoms with Crippen LogP contribution in [0.4, 0.5) is 0 Å². The van der Waals surface area contributed by atoms with Gasteiger partial charge in [-0.15, -0.1) is 0 Å². The standard InChI is InChI=1S/C9H13NO/c1-6(2)4-8-5-7(3)9(11)10-8/h4-6H,1-3H3,(H,10,11)/b8-4-. The summed E-state index contributed by atoms with van der Waals surface area (Å²) in [5, 5.41) is 2.76. The summed E-state index contributed by atoms with van der Waals surface area (Å²) >= 11 is 0. The molecule has 0 bridgehead atoms. The van der Waals surface area contributed by atoms with Gasteiger partial charge in [-0.2, -0.15) is 0 Å². The number of carbonyl (C=O) groups is 1. The summed E-state index contributed by atoms with van der Waals surface area (Å²) in [6.45, 7) is 5.98. The quantitative estimate of drug-likeness (QED) is 0.606. The first-order valence-corrected chi connectivity index (χ1v) is 3.81. The van der Waals surface area contributed by atoms with E-state index in [9.17, 15) is 4.79 Å². The molecule has 0 saturated carbocycles. The van der Waals surface area contributed by atoms with Crippen molar-refractivity contribution in [3.8, 4) is 0 Å². The molecule has 0 radical (unpaired) electrons. The molecule has 0 aromatic heterocycles. The lowest BCUT2D eigenvalue weighted by molar-refractivity contribution is -0.116. The largest absolute Gasteiger partial charge is 0.323 e. The zero-order chi connectivity index (χ0) is 8.43. The Kier molecular flexibility index (Phi) is 2.13. The highest BCUT2D eigenvalue weighted by Gasteiger charge is 2.13. The van der Waals surface area contributed by atoms with Crippen molar-refractivity contribution in [1.29, 1.82) is 0 Å². The van der Waals surface area contributed by atoms with E-state index in [-0.39, 0.29) is 5.91 Å². The first-order valence-electron chi connectivity index (χ1n) is 3.81. The van der Waals surface area contributed by atoms with Gasteiger partial charge in [0, 0.05) is 11.3 Å². The second kappa shape index (κ2) is 2.91. The molecule has 1 amide bonds. The molecule has 2 heteroatoms. The van der Waals surface area contributed by atoms with Crippen LogP contribution < -0.4 is 5.32 Å². The first kappa shape index (κ1) is 8.05. The van der Waals surface area contributed by atoms with Gasteiger partial charge in [-0.05, 0) is 18.9 Å². The van der Waals surface area contributed by atoms with E-state index in [1.165, 1.54) is 0 Å². The average Bonchev–Trinajstić information content (AvgIpc) is 2.10. The molecule has 1 aliphatic heterocycles. The number of allylic oxidation sites excluding steroid dienone is 2. The molecular weight excluding hydrogens is 138 g/mol. The first-order chi connectivity index (χ1) is 5.09. The lowest BCUT2D eigenvalue weighted by atomic mass is 10.2. The van der Waals surface area contributed by atoms with Crippen LogP contribution in [-0.2, 0) is 4.79 Å². The van der Waals surface area contributed by atoms with Crippen LogP contribution in [0, 0.1) is 5.92 Å². The minimum Gasteiger partial charge on any atom is -0.323 e. The maximum Gasteiger partial charge on any atom is 0.251 e. The second-order valence-corrected chi connectivity index (χ2v) is 3.15. The molecule has 0 aromatic carbocycles. The van der Waals surface area contributed by atoms with Crippen LogP contribution in [-0.4, -0.2) is 5.91 Å².